The summed E-state index contributed by atoms with van der Waals surface area (Å²) < 4.78 is 0. The van der Waals surface area contributed by atoms with Gasteiger partial charge < -0.3 is 11.1 Å². The second-order valence-electron chi connectivity index (χ2n) is 3.38. The van der Waals surface area contributed by atoms with Gasteiger partial charge >= 0.3 is 0 Å². The van der Waals surface area contributed by atoms with E-state index in [1.54, 1.807) is 7.05 Å². The van der Waals surface area contributed by atoms with E-state index in [1.165, 1.54) is 0 Å². The Morgan fingerprint density at radius 3 is 2.54 bits per heavy atom. The number of hydrogen-bond acceptors (Lipinski definition) is 3. The lowest BCUT2D eigenvalue weighted by Crippen LogP contribution is -2.40. The minimum absolute atomic E-state index is 0.0609. The van der Waals surface area contributed by atoms with Gasteiger partial charge in [-0.25, -0.2) is 0 Å². The van der Waals surface area contributed by atoms with Gasteiger partial charge in [0.25, 0.3) is 0 Å². The summed E-state index contributed by atoms with van der Waals surface area (Å²) in [7, 11) is 1.66. The summed E-state index contributed by atoms with van der Waals surface area (Å²) in [6, 6.07) is 0.392. The number of rotatable bonds is 6. The molecule has 0 unspecified atom stereocenters. The Morgan fingerprint density at radius 1 is 1.54 bits per heavy atom. The minimum atomic E-state index is 0.0609. The van der Waals surface area contributed by atoms with Crippen LogP contribution in [0.25, 0.3) is 0 Å². The van der Waals surface area contributed by atoms with Gasteiger partial charge in [-0.3, -0.25) is 9.69 Å². The summed E-state index contributed by atoms with van der Waals surface area (Å²) in [5.41, 5.74) is 5.41. The molecule has 4 nitrogen and oxygen atoms in total. The monoisotopic (exact) mass is 187 g/mol. The van der Waals surface area contributed by atoms with E-state index in [2.05, 4.69) is 24.1 Å². The van der Waals surface area contributed by atoms with Gasteiger partial charge in [-0.15, -0.1) is 0 Å². The van der Waals surface area contributed by atoms with E-state index in [1.807, 2.05) is 0 Å². The lowest BCUT2D eigenvalue weighted by molar-refractivity contribution is -0.122. The lowest BCUT2D eigenvalue weighted by atomic mass is 10.3. The summed E-state index contributed by atoms with van der Waals surface area (Å²) in [5, 5.41) is 2.61. The summed E-state index contributed by atoms with van der Waals surface area (Å²) in [6.07, 6.45) is 0.940. The first-order chi connectivity index (χ1) is 6.11. The number of hydrogen-bond donors (Lipinski definition) is 2. The maximum absolute atomic E-state index is 11.1. The van der Waals surface area contributed by atoms with E-state index in [-0.39, 0.29) is 5.91 Å². The predicted octanol–water partition coefficient (Wildman–Crippen LogP) is -0.208. The second-order valence-corrected chi connectivity index (χ2v) is 3.38. The largest absolute Gasteiger partial charge is 0.358 e. The standard InChI is InChI=1S/C9H21N3O/c1-8(2)12(6-4-5-10)7-9(13)11-3/h8H,4-7,10H2,1-3H3,(H,11,13). The van der Waals surface area contributed by atoms with Crippen molar-refractivity contribution in [2.75, 3.05) is 26.7 Å². The van der Waals surface area contributed by atoms with Gasteiger partial charge in [0, 0.05) is 19.6 Å². The first-order valence-electron chi connectivity index (χ1n) is 4.76. The molecule has 0 aliphatic heterocycles. The van der Waals surface area contributed by atoms with Crippen LogP contribution >= 0.6 is 0 Å². The van der Waals surface area contributed by atoms with Gasteiger partial charge in [0.1, 0.15) is 0 Å². The molecule has 0 aromatic heterocycles. The number of likely N-dealkylation sites (N-methyl/N-ethyl adjacent to an activating group) is 1. The van der Waals surface area contributed by atoms with Gasteiger partial charge in [0.2, 0.25) is 5.91 Å². The molecular weight excluding hydrogens is 166 g/mol. The van der Waals surface area contributed by atoms with E-state index in [0.717, 1.165) is 13.0 Å². The quantitative estimate of drug-likeness (QED) is 0.605. The molecule has 0 aliphatic carbocycles. The Bertz CT molecular complexity index is 148. The molecule has 0 fully saturated rings. The molecule has 0 rings (SSSR count). The number of nitrogens with one attached hydrogen (secondary N) is 1. The van der Waals surface area contributed by atoms with Gasteiger partial charge in [0.15, 0.2) is 0 Å². The van der Waals surface area contributed by atoms with Crippen molar-refractivity contribution >= 4 is 5.91 Å². The Morgan fingerprint density at radius 2 is 2.15 bits per heavy atom. The minimum Gasteiger partial charge on any atom is -0.358 e. The van der Waals surface area contributed by atoms with E-state index >= 15 is 0 Å². The average Bonchev–Trinajstić information content (AvgIpc) is 2.11. The van der Waals surface area contributed by atoms with Crippen molar-refractivity contribution in [3.05, 3.63) is 0 Å². The molecule has 0 saturated heterocycles. The van der Waals surface area contributed by atoms with Crippen LogP contribution in [0, 0.1) is 0 Å². The highest BCUT2D eigenvalue weighted by Gasteiger charge is 2.11. The van der Waals surface area contributed by atoms with Crippen molar-refractivity contribution in [2.45, 2.75) is 26.3 Å². The predicted molar refractivity (Wildman–Crippen MR) is 54.4 cm³/mol. The van der Waals surface area contributed by atoms with Crippen LogP contribution in [0.5, 0.6) is 0 Å². The molecule has 1 amide bonds. The van der Waals surface area contributed by atoms with Crippen LogP contribution in [0.2, 0.25) is 0 Å². The molecule has 3 N–H and O–H groups in total. The molecule has 13 heavy (non-hydrogen) atoms. The molecule has 0 radical (unpaired) electrons. The number of carbonyl (C=O) groups is 1. The Kier molecular flexibility index (Phi) is 6.54. The Balaban J connectivity index is 3.87. The van der Waals surface area contributed by atoms with Crippen molar-refractivity contribution in [3.63, 3.8) is 0 Å². The van der Waals surface area contributed by atoms with Crippen LogP contribution in [0.15, 0.2) is 0 Å². The lowest BCUT2D eigenvalue weighted by Gasteiger charge is -2.25. The fourth-order valence-corrected chi connectivity index (χ4v) is 1.08. The van der Waals surface area contributed by atoms with E-state index in [9.17, 15) is 4.79 Å². The highest BCUT2D eigenvalue weighted by atomic mass is 16.1. The molecule has 0 bridgehead atoms. The maximum Gasteiger partial charge on any atom is 0.233 e. The van der Waals surface area contributed by atoms with Crippen molar-refractivity contribution in [3.8, 4) is 0 Å². The zero-order chi connectivity index (χ0) is 10.3. The number of nitrogens with two attached hydrogens (primary N) is 1. The molecule has 0 atom stereocenters. The first kappa shape index (κ1) is 12.4. The third-order valence-corrected chi connectivity index (χ3v) is 2.01. The summed E-state index contributed by atoms with van der Waals surface area (Å²) >= 11 is 0. The number of nitrogens with zero attached hydrogens (tertiary/aromatic N) is 1. The molecule has 0 aromatic rings. The summed E-state index contributed by atoms with van der Waals surface area (Å²) in [5.74, 6) is 0.0609. The molecule has 78 valence electrons. The van der Waals surface area contributed by atoms with Crippen LogP contribution in [0.1, 0.15) is 20.3 Å². The van der Waals surface area contributed by atoms with Crippen LogP contribution in [-0.4, -0.2) is 43.5 Å². The fraction of sp³-hybridized carbons (Fsp3) is 0.889. The van der Waals surface area contributed by atoms with E-state index in [0.29, 0.717) is 19.1 Å². The first-order valence-corrected chi connectivity index (χ1v) is 4.76. The Hall–Kier alpha value is -0.610. The van der Waals surface area contributed by atoms with Crippen molar-refractivity contribution in [1.82, 2.24) is 10.2 Å². The van der Waals surface area contributed by atoms with Gasteiger partial charge in [-0.05, 0) is 26.8 Å². The highest BCUT2D eigenvalue weighted by Crippen LogP contribution is 1.98. The fourth-order valence-electron chi connectivity index (χ4n) is 1.08. The van der Waals surface area contributed by atoms with Crippen LogP contribution < -0.4 is 11.1 Å². The summed E-state index contributed by atoms with van der Waals surface area (Å²) in [4.78, 5) is 13.2. The molecule has 0 aliphatic rings. The number of amides is 1. The summed E-state index contributed by atoms with van der Waals surface area (Å²) in [6.45, 7) is 6.20. The third kappa shape index (κ3) is 5.60. The average molecular weight is 187 g/mol. The SMILES string of the molecule is CNC(=O)CN(CCCN)C(C)C. The third-order valence-electron chi connectivity index (χ3n) is 2.01. The van der Waals surface area contributed by atoms with E-state index < -0.39 is 0 Å². The zero-order valence-electron chi connectivity index (χ0n) is 8.84. The van der Waals surface area contributed by atoms with Gasteiger partial charge in [-0.2, -0.15) is 0 Å². The molecule has 0 heterocycles. The number of carbonyl (C=O) groups excluding carboxylic acids is 1. The normalized spacial score (nSPS) is 10.9. The van der Waals surface area contributed by atoms with Crippen LogP contribution in [0.4, 0.5) is 0 Å². The smallest absolute Gasteiger partial charge is 0.233 e. The van der Waals surface area contributed by atoms with Gasteiger partial charge in [-0.1, -0.05) is 0 Å². The van der Waals surface area contributed by atoms with Gasteiger partial charge in [0.05, 0.1) is 6.54 Å². The maximum atomic E-state index is 11.1. The second kappa shape index (κ2) is 6.86. The van der Waals surface area contributed by atoms with Crippen molar-refractivity contribution in [1.29, 1.82) is 0 Å². The molecular formula is C9H21N3O. The topological polar surface area (TPSA) is 58.4 Å². The van der Waals surface area contributed by atoms with Crippen LogP contribution in [-0.2, 0) is 4.79 Å². The van der Waals surface area contributed by atoms with E-state index in [4.69, 9.17) is 5.73 Å². The molecule has 0 spiro atoms. The zero-order valence-corrected chi connectivity index (χ0v) is 8.84. The molecule has 0 saturated carbocycles. The van der Waals surface area contributed by atoms with Crippen molar-refractivity contribution < 1.29 is 4.79 Å². The molecule has 0 aromatic carbocycles. The Labute approximate surface area is 80.5 Å². The van der Waals surface area contributed by atoms with Crippen molar-refractivity contribution in [2.24, 2.45) is 5.73 Å². The van der Waals surface area contributed by atoms with Crippen LogP contribution in [0.3, 0.4) is 0 Å². The molecule has 4 heteroatoms. The highest BCUT2D eigenvalue weighted by molar-refractivity contribution is 5.77.